The zero-order chi connectivity index (χ0) is 28.8. The first-order valence-corrected chi connectivity index (χ1v) is 17.3. The summed E-state index contributed by atoms with van der Waals surface area (Å²) in [5, 5.41) is 5.43. The quantitative estimate of drug-likeness (QED) is 0.150. The van der Waals surface area contributed by atoms with Crippen molar-refractivity contribution in [2.45, 2.75) is 90.1 Å². The van der Waals surface area contributed by atoms with Crippen LogP contribution >= 0.6 is 0 Å². The molecule has 2 unspecified atom stereocenters. The monoisotopic (exact) mass is 644 g/mol. The first kappa shape index (κ1) is 32.9. The Balaban J connectivity index is 0.000000352. The summed E-state index contributed by atoms with van der Waals surface area (Å²) in [5.74, 6) is 2.47. The third kappa shape index (κ3) is 6.87. The van der Waals surface area contributed by atoms with Crippen LogP contribution in [0.4, 0.5) is 0 Å². The van der Waals surface area contributed by atoms with Gasteiger partial charge in [-0.1, -0.05) is 159 Å². The van der Waals surface area contributed by atoms with Gasteiger partial charge in [0.15, 0.2) is 0 Å². The Morgan fingerprint density at radius 1 is 0.690 bits per heavy atom. The summed E-state index contributed by atoms with van der Waals surface area (Å²) in [4.78, 5) is 0. The Morgan fingerprint density at radius 3 is 1.52 bits per heavy atom. The minimum absolute atomic E-state index is 0. The van der Waals surface area contributed by atoms with Crippen LogP contribution in [0.3, 0.4) is 0 Å². The summed E-state index contributed by atoms with van der Waals surface area (Å²) in [6.45, 7) is 12.7. The van der Waals surface area contributed by atoms with Crippen molar-refractivity contribution in [3.05, 3.63) is 119 Å². The smallest absolute Gasteiger partial charge is 0.343 e. The van der Waals surface area contributed by atoms with Gasteiger partial charge in [0.1, 0.15) is 0 Å². The fraction of sp³-hybridized carbons (Fsp3) is 0.350. The van der Waals surface area contributed by atoms with E-state index in [1.807, 2.05) is 0 Å². The zero-order valence-electron chi connectivity index (χ0n) is 26.1. The van der Waals surface area contributed by atoms with Gasteiger partial charge in [-0.3, -0.25) is 5.92 Å². The molecule has 0 bridgehead atoms. The van der Waals surface area contributed by atoms with E-state index in [9.17, 15) is 0 Å². The molecule has 1 heterocycles. The van der Waals surface area contributed by atoms with Crippen LogP contribution in [0.1, 0.15) is 100 Å². The number of unbranched alkanes of at least 4 members (excludes halogenated alkanes) is 1. The van der Waals surface area contributed by atoms with Crippen LogP contribution in [0.15, 0.2) is 83.9 Å². The number of fused-ring (bicyclic) bond motifs is 6. The number of rotatable bonds is 5. The number of benzene rings is 4. The van der Waals surface area contributed by atoms with Crippen molar-refractivity contribution in [2.75, 3.05) is 0 Å². The van der Waals surface area contributed by atoms with E-state index < -0.39 is 0 Å². The summed E-state index contributed by atoms with van der Waals surface area (Å²) >= 11 is 0. The molecule has 2 atom stereocenters. The minimum Gasteiger partial charge on any atom is -0.343 e. The predicted molar refractivity (Wildman–Crippen MR) is 184 cm³/mol. The number of hydrogen-bond acceptors (Lipinski definition) is 0. The van der Waals surface area contributed by atoms with Gasteiger partial charge >= 0.3 is 26.2 Å². The first-order valence-electron chi connectivity index (χ1n) is 15.8. The Labute approximate surface area is 277 Å². The molecule has 1 aliphatic heterocycles. The molecule has 7 rings (SSSR count). The molecule has 0 aromatic heterocycles. The normalized spacial score (nSPS) is 18.3. The van der Waals surface area contributed by atoms with Crippen LogP contribution in [0.25, 0.3) is 33.7 Å². The van der Waals surface area contributed by atoms with Gasteiger partial charge < -0.3 is 6.92 Å². The second-order valence-corrected chi connectivity index (χ2v) is 13.4. The largest absolute Gasteiger partial charge is 2.00 e. The SMILES string of the molecule is C1CC[Si]C1.CCC[C-](C1C(C)=Cc2c1ccc1ccccc21)C1C(C)=Cc2c1ccc1ccccc21.[CH2-]CCC.[Zr+2]. The molecule has 0 saturated carbocycles. The average molecular weight is 646 g/mol. The number of allylic oxidation sites excluding steroid dienone is 2. The Bertz CT molecular complexity index is 1420. The average Bonchev–Trinajstić information content (AvgIpc) is 3.76. The molecule has 0 amide bonds. The molecule has 42 heavy (non-hydrogen) atoms. The summed E-state index contributed by atoms with van der Waals surface area (Å²) < 4.78 is 0. The van der Waals surface area contributed by atoms with Gasteiger partial charge in [0, 0.05) is 9.52 Å². The Hall–Kier alpha value is -2.02. The van der Waals surface area contributed by atoms with Gasteiger partial charge in [-0.05, 0) is 46.5 Å². The van der Waals surface area contributed by atoms with Gasteiger partial charge in [-0.15, -0.1) is 11.8 Å². The van der Waals surface area contributed by atoms with E-state index in [1.165, 1.54) is 102 Å². The summed E-state index contributed by atoms with van der Waals surface area (Å²) in [6.07, 6.45) is 12.5. The molecular formula is C40H46SiZr. The maximum absolute atomic E-state index is 3.60. The maximum atomic E-state index is 3.60. The van der Waals surface area contributed by atoms with E-state index >= 15 is 0 Å². The fourth-order valence-corrected chi connectivity index (χ4v) is 8.17. The molecule has 4 aromatic carbocycles. The molecule has 2 aliphatic carbocycles. The fourth-order valence-electron chi connectivity index (χ4n) is 6.92. The Kier molecular flexibility index (Phi) is 12.2. The van der Waals surface area contributed by atoms with Crippen LogP contribution in [0.5, 0.6) is 0 Å². The molecule has 0 spiro atoms. The van der Waals surface area contributed by atoms with Crippen molar-refractivity contribution >= 4 is 43.2 Å². The van der Waals surface area contributed by atoms with Crippen molar-refractivity contribution in [1.29, 1.82) is 0 Å². The predicted octanol–water partition coefficient (Wildman–Crippen LogP) is 12.0. The van der Waals surface area contributed by atoms with Crippen LogP contribution < -0.4 is 0 Å². The van der Waals surface area contributed by atoms with Crippen molar-refractivity contribution in [2.24, 2.45) is 0 Å². The summed E-state index contributed by atoms with van der Waals surface area (Å²) in [6, 6.07) is 30.1. The van der Waals surface area contributed by atoms with Gasteiger partial charge in [0.25, 0.3) is 0 Å². The van der Waals surface area contributed by atoms with Crippen molar-refractivity contribution in [1.82, 2.24) is 0 Å². The van der Waals surface area contributed by atoms with Crippen molar-refractivity contribution in [3.8, 4) is 0 Å². The number of hydrogen-bond donors (Lipinski definition) is 0. The minimum atomic E-state index is 0. The van der Waals surface area contributed by atoms with Crippen LogP contribution in [0, 0.1) is 12.8 Å². The summed E-state index contributed by atoms with van der Waals surface area (Å²) in [5.41, 5.74) is 8.82. The third-order valence-electron chi connectivity index (χ3n) is 8.88. The topological polar surface area (TPSA) is 0 Å². The van der Waals surface area contributed by atoms with Gasteiger partial charge in [0.05, 0.1) is 0 Å². The molecule has 0 nitrogen and oxygen atoms in total. The molecule has 4 aromatic rings. The van der Waals surface area contributed by atoms with Crippen LogP contribution in [0.2, 0.25) is 12.1 Å². The van der Waals surface area contributed by atoms with Gasteiger partial charge in [-0.2, -0.15) is 12.8 Å². The molecule has 2 radical (unpaired) electrons. The van der Waals surface area contributed by atoms with E-state index in [-0.39, 0.29) is 26.2 Å². The maximum Gasteiger partial charge on any atom is 2.00 e. The molecule has 2 heteroatoms. The molecule has 214 valence electrons. The second kappa shape index (κ2) is 15.6. The van der Waals surface area contributed by atoms with E-state index in [0.717, 1.165) is 12.8 Å². The van der Waals surface area contributed by atoms with Crippen LogP contribution in [-0.4, -0.2) is 9.52 Å². The molecular weight excluding hydrogens is 600 g/mol. The van der Waals surface area contributed by atoms with Crippen molar-refractivity contribution < 1.29 is 26.2 Å². The van der Waals surface area contributed by atoms with E-state index in [4.69, 9.17) is 0 Å². The van der Waals surface area contributed by atoms with Gasteiger partial charge in [-0.25, -0.2) is 0 Å². The Morgan fingerprint density at radius 2 is 1.14 bits per heavy atom. The molecule has 0 N–H and O–H groups in total. The molecule has 3 aliphatic rings. The van der Waals surface area contributed by atoms with E-state index in [0.29, 0.717) is 11.8 Å². The molecule has 1 saturated heterocycles. The third-order valence-corrected chi connectivity index (χ3v) is 10.3. The standard InChI is InChI=1S/C32H29.C4H8Si.C4H9.Zr/c1-4-9-28(31-20(2)18-29-24-12-7-5-10-22(24)14-16-26(29)31)32-21(3)19-30-25-13-8-6-11-23(25)15-17-27(30)32;1-2-4-5-3-1;1-3-4-2;/h5-8,10-19,31-32H,4,9H2,1-3H3;1-4H2;1,3-4H2,2H3;/q-1;;-1;+2. The van der Waals surface area contributed by atoms with E-state index in [1.54, 1.807) is 5.92 Å². The zero-order valence-corrected chi connectivity index (χ0v) is 29.6. The van der Waals surface area contributed by atoms with E-state index in [2.05, 4.69) is 120 Å². The first-order chi connectivity index (χ1) is 20.1. The molecule has 1 fully saturated rings. The van der Waals surface area contributed by atoms with Crippen LogP contribution in [-0.2, 0) is 26.2 Å². The second-order valence-electron chi connectivity index (χ2n) is 11.9. The van der Waals surface area contributed by atoms with Crippen molar-refractivity contribution in [3.63, 3.8) is 0 Å². The summed E-state index contributed by atoms with van der Waals surface area (Å²) in [7, 11) is 1.31. The van der Waals surface area contributed by atoms with Gasteiger partial charge in [0.2, 0.25) is 0 Å².